The maximum absolute atomic E-state index is 9.13. The molecular weight excluding hydrogens is 264 g/mol. The van der Waals surface area contributed by atoms with Crippen LogP contribution in [0, 0.1) is 0 Å². The number of aliphatic hydroxyl groups excluding tert-OH is 1. The minimum absolute atomic E-state index is 0.0267. The average Bonchev–Trinajstić information content (AvgIpc) is 2.45. The van der Waals surface area contributed by atoms with E-state index in [-0.39, 0.29) is 17.7 Å². The lowest BCUT2D eigenvalue weighted by Crippen LogP contribution is -2.20. The topological polar surface area (TPSA) is 105 Å². The molecule has 1 atom stereocenters. The summed E-state index contributed by atoms with van der Waals surface area (Å²) in [5.41, 5.74) is 8.19. The minimum atomic E-state index is -0.0308. The molecule has 1 aromatic heterocycles. The lowest BCUT2D eigenvalue weighted by Gasteiger charge is -2.15. The number of nitrogens with two attached hydrogens (primary N) is 1. The van der Waals surface area contributed by atoms with Crippen molar-refractivity contribution in [3.05, 3.63) is 16.8 Å². The van der Waals surface area contributed by atoms with Gasteiger partial charge in [-0.3, -0.25) is 0 Å². The van der Waals surface area contributed by atoms with Gasteiger partial charge in [-0.25, -0.2) is 0 Å². The van der Waals surface area contributed by atoms with Crippen LogP contribution in [0.15, 0.2) is 10.2 Å². The first-order valence-corrected chi connectivity index (χ1v) is 7.10. The summed E-state index contributed by atoms with van der Waals surface area (Å²) in [6.07, 6.45) is 1.47. The molecule has 0 aliphatic rings. The first-order chi connectivity index (χ1) is 9.08. The van der Waals surface area contributed by atoms with Crippen molar-refractivity contribution in [2.24, 2.45) is 10.9 Å². The summed E-state index contributed by atoms with van der Waals surface area (Å²) in [5, 5.41) is 30.1. The standard InChI is InChI=1S/C12H20N4O2S/c1-4-8-9(5-2)14-15-12(19-7(3)6-17)10(8)11(13)16-18/h7,17-18H,4-6H2,1-3H3,(H2,13,16). The summed E-state index contributed by atoms with van der Waals surface area (Å²) >= 11 is 1.37. The highest BCUT2D eigenvalue weighted by atomic mass is 32.2. The quantitative estimate of drug-likeness (QED) is 0.238. The second-order valence-electron chi connectivity index (χ2n) is 4.11. The molecule has 19 heavy (non-hydrogen) atoms. The Hall–Kier alpha value is -1.34. The summed E-state index contributed by atoms with van der Waals surface area (Å²) in [6.45, 7) is 5.89. The molecule has 0 aliphatic heterocycles. The molecule has 0 saturated carbocycles. The zero-order chi connectivity index (χ0) is 14.4. The number of hydrogen-bond donors (Lipinski definition) is 3. The molecule has 0 bridgehead atoms. The Morgan fingerprint density at radius 2 is 2.05 bits per heavy atom. The second-order valence-corrected chi connectivity index (χ2v) is 5.54. The molecule has 0 radical (unpaired) electrons. The zero-order valence-electron chi connectivity index (χ0n) is 11.4. The third kappa shape index (κ3) is 3.57. The fourth-order valence-corrected chi connectivity index (χ4v) is 2.67. The number of rotatable bonds is 6. The number of thioether (sulfide) groups is 1. The van der Waals surface area contributed by atoms with Crippen LogP contribution in [0.4, 0.5) is 0 Å². The summed E-state index contributed by atoms with van der Waals surface area (Å²) in [6, 6.07) is 0. The van der Waals surface area contributed by atoms with E-state index in [1.54, 1.807) is 0 Å². The van der Waals surface area contributed by atoms with Crippen LogP contribution >= 0.6 is 11.8 Å². The van der Waals surface area contributed by atoms with E-state index in [0.717, 1.165) is 24.1 Å². The molecule has 1 heterocycles. The number of hydrogen-bond acceptors (Lipinski definition) is 6. The van der Waals surface area contributed by atoms with E-state index in [2.05, 4.69) is 15.4 Å². The van der Waals surface area contributed by atoms with Gasteiger partial charge in [0.25, 0.3) is 0 Å². The van der Waals surface area contributed by atoms with Gasteiger partial charge in [0, 0.05) is 5.25 Å². The monoisotopic (exact) mass is 284 g/mol. The highest BCUT2D eigenvalue weighted by Crippen LogP contribution is 2.28. The van der Waals surface area contributed by atoms with Gasteiger partial charge in [0.15, 0.2) is 5.84 Å². The van der Waals surface area contributed by atoms with Crippen molar-refractivity contribution in [1.29, 1.82) is 0 Å². The van der Waals surface area contributed by atoms with E-state index < -0.39 is 0 Å². The van der Waals surface area contributed by atoms with E-state index in [1.807, 2.05) is 20.8 Å². The van der Waals surface area contributed by atoms with E-state index in [0.29, 0.717) is 10.6 Å². The van der Waals surface area contributed by atoms with Gasteiger partial charge in [0.2, 0.25) is 0 Å². The minimum Gasteiger partial charge on any atom is -0.409 e. The number of aliphatic hydroxyl groups is 1. The predicted molar refractivity (Wildman–Crippen MR) is 75.7 cm³/mol. The van der Waals surface area contributed by atoms with Gasteiger partial charge in [0.1, 0.15) is 5.03 Å². The van der Waals surface area contributed by atoms with Gasteiger partial charge in [-0.15, -0.1) is 5.10 Å². The predicted octanol–water partition coefficient (Wildman–Crippen LogP) is 1.17. The molecule has 4 N–H and O–H groups in total. The molecule has 1 unspecified atom stereocenters. The Morgan fingerprint density at radius 1 is 1.37 bits per heavy atom. The first kappa shape index (κ1) is 15.7. The van der Waals surface area contributed by atoms with Gasteiger partial charge in [-0.05, 0) is 18.4 Å². The van der Waals surface area contributed by atoms with Gasteiger partial charge < -0.3 is 16.0 Å². The third-order valence-corrected chi connectivity index (χ3v) is 3.81. The van der Waals surface area contributed by atoms with Crippen molar-refractivity contribution >= 4 is 17.6 Å². The van der Waals surface area contributed by atoms with Crippen molar-refractivity contribution in [2.75, 3.05) is 6.61 Å². The molecular formula is C12H20N4O2S. The normalized spacial score (nSPS) is 13.6. The number of nitrogens with zero attached hydrogens (tertiary/aromatic N) is 3. The second kappa shape index (κ2) is 7.30. The Bertz CT molecular complexity index is 465. The Morgan fingerprint density at radius 3 is 2.53 bits per heavy atom. The molecule has 0 saturated heterocycles. The molecule has 0 fully saturated rings. The fraction of sp³-hybridized carbons (Fsp3) is 0.583. The summed E-state index contributed by atoms with van der Waals surface area (Å²) in [7, 11) is 0. The van der Waals surface area contributed by atoms with Crippen LogP contribution in [0.25, 0.3) is 0 Å². The zero-order valence-corrected chi connectivity index (χ0v) is 12.2. The number of oxime groups is 1. The highest BCUT2D eigenvalue weighted by Gasteiger charge is 2.19. The maximum atomic E-state index is 9.13. The van der Waals surface area contributed by atoms with Crippen molar-refractivity contribution < 1.29 is 10.3 Å². The Kier molecular flexibility index (Phi) is 6.04. The van der Waals surface area contributed by atoms with Crippen molar-refractivity contribution in [3.8, 4) is 0 Å². The summed E-state index contributed by atoms with van der Waals surface area (Å²) in [5.74, 6) is 0.0362. The number of aryl methyl sites for hydroxylation is 1. The van der Waals surface area contributed by atoms with Crippen LogP contribution < -0.4 is 5.73 Å². The van der Waals surface area contributed by atoms with Crippen LogP contribution in [-0.4, -0.2) is 38.2 Å². The maximum Gasteiger partial charge on any atom is 0.173 e. The average molecular weight is 284 g/mol. The SMILES string of the molecule is CCc1nnc(SC(C)CO)c(C(N)=NO)c1CC. The molecule has 0 aromatic carbocycles. The Labute approximate surface area is 117 Å². The van der Waals surface area contributed by atoms with Crippen LogP contribution in [0.1, 0.15) is 37.6 Å². The summed E-state index contributed by atoms with van der Waals surface area (Å²) < 4.78 is 0. The number of amidine groups is 1. The molecule has 0 aliphatic carbocycles. The van der Waals surface area contributed by atoms with Crippen LogP contribution in [-0.2, 0) is 12.8 Å². The van der Waals surface area contributed by atoms with Crippen LogP contribution in [0.2, 0.25) is 0 Å². The molecule has 1 aromatic rings. The van der Waals surface area contributed by atoms with E-state index in [1.165, 1.54) is 11.8 Å². The van der Waals surface area contributed by atoms with Crippen molar-refractivity contribution in [2.45, 2.75) is 43.9 Å². The lowest BCUT2D eigenvalue weighted by molar-refractivity contribution is 0.300. The number of aromatic nitrogens is 2. The smallest absolute Gasteiger partial charge is 0.173 e. The fourth-order valence-electron chi connectivity index (χ4n) is 1.78. The van der Waals surface area contributed by atoms with E-state index in [4.69, 9.17) is 16.0 Å². The van der Waals surface area contributed by atoms with Crippen LogP contribution in [0.3, 0.4) is 0 Å². The molecule has 6 nitrogen and oxygen atoms in total. The molecule has 7 heteroatoms. The van der Waals surface area contributed by atoms with Crippen LogP contribution in [0.5, 0.6) is 0 Å². The third-order valence-electron chi connectivity index (χ3n) is 2.75. The van der Waals surface area contributed by atoms with E-state index in [9.17, 15) is 0 Å². The van der Waals surface area contributed by atoms with Gasteiger partial charge in [-0.2, -0.15) is 5.10 Å². The largest absolute Gasteiger partial charge is 0.409 e. The van der Waals surface area contributed by atoms with Crippen molar-refractivity contribution in [3.63, 3.8) is 0 Å². The van der Waals surface area contributed by atoms with Gasteiger partial charge >= 0.3 is 0 Å². The van der Waals surface area contributed by atoms with Gasteiger partial charge in [0.05, 0.1) is 17.9 Å². The van der Waals surface area contributed by atoms with E-state index >= 15 is 0 Å². The lowest BCUT2D eigenvalue weighted by atomic mass is 10.0. The first-order valence-electron chi connectivity index (χ1n) is 6.22. The summed E-state index contributed by atoms with van der Waals surface area (Å²) in [4.78, 5) is 0. The highest BCUT2D eigenvalue weighted by molar-refractivity contribution is 7.99. The Balaban J connectivity index is 3.38. The van der Waals surface area contributed by atoms with Crippen molar-refractivity contribution in [1.82, 2.24) is 10.2 Å². The molecule has 0 spiro atoms. The molecule has 0 amide bonds. The molecule has 1 rings (SSSR count). The molecule has 106 valence electrons. The van der Waals surface area contributed by atoms with Gasteiger partial charge in [-0.1, -0.05) is 37.7 Å².